The highest BCUT2D eigenvalue weighted by Gasteiger charge is 2.26. The number of aliphatic hydroxyl groups excluding tert-OH is 1. The van der Waals surface area contributed by atoms with Gasteiger partial charge in [-0.15, -0.1) is 0 Å². The van der Waals surface area contributed by atoms with Crippen LogP contribution < -0.4 is 4.90 Å². The Hall–Kier alpha value is -1.62. The van der Waals surface area contributed by atoms with Crippen molar-refractivity contribution < 1.29 is 10.0 Å². The van der Waals surface area contributed by atoms with Gasteiger partial charge < -0.3 is 10.0 Å². The van der Waals surface area contributed by atoms with E-state index in [4.69, 9.17) is 5.11 Å². The van der Waals surface area contributed by atoms with E-state index in [-0.39, 0.29) is 12.3 Å². The molecule has 1 aromatic rings. The van der Waals surface area contributed by atoms with Gasteiger partial charge in [-0.25, -0.2) is 0 Å². The molecule has 5 heteroatoms. The van der Waals surface area contributed by atoms with Crippen LogP contribution in [0.1, 0.15) is 0 Å². The summed E-state index contributed by atoms with van der Waals surface area (Å²) in [6.07, 6.45) is 0. The van der Waals surface area contributed by atoms with Crippen molar-refractivity contribution in [3.05, 3.63) is 34.4 Å². The van der Waals surface area contributed by atoms with Gasteiger partial charge in [0.05, 0.1) is 4.92 Å². The van der Waals surface area contributed by atoms with Gasteiger partial charge in [0.15, 0.2) is 0 Å². The zero-order valence-corrected chi connectivity index (χ0v) is 8.17. The molecule has 0 aliphatic carbocycles. The highest BCUT2D eigenvalue weighted by atomic mass is 16.6. The fourth-order valence-electron chi connectivity index (χ4n) is 1.70. The average Bonchev–Trinajstić information content (AvgIpc) is 2.16. The fourth-order valence-corrected chi connectivity index (χ4v) is 1.70. The first-order chi connectivity index (χ1) is 7.20. The van der Waals surface area contributed by atoms with Crippen LogP contribution in [0.2, 0.25) is 0 Å². The Morgan fingerprint density at radius 2 is 2.27 bits per heavy atom. The van der Waals surface area contributed by atoms with Gasteiger partial charge in [0.2, 0.25) is 0 Å². The van der Waals surface area contributed by atoms with Crippen LogP contribution in [0.15, 0.2) is 24.3 Å². The van der Waals surface area contributed by atoms with Crippen LogP contribution in [0.4, 0.5) is 11.4 Å². The third-order valence-corrected chi connectivity index (χ3v) is 2.62. The van der Waals surface area contributed by atoms with Crippen LogP contribution >= 0.6 is 0 Å². The molecule has 80 valence electrons. The van der Waals surface area contributed by atoms with Crippen molar-refractivity contribution in [2.24, 2.45) is 5.92 Å². The fraction of sp³-hybridized carbons (Fsp3) is 0.400. The van der Waals surface area contributed by atoms with E-state index in [0.717, 1.165) is 18.8 Å². The van der Waals surface area contributed by atoms with Crippen LogP contribution in [-0.4, -0.2) is 29.7 Å². The number of aliphatic hydroxyl groups is 1. The second kappa shape index (κ2) is 3.86. The van der Waals surface area contributed by atoms with Crippen LogP contribution in [-0.2, 0) is 0 Å². The summed E-state index contributed by atoms with van der Waals surface area (Å²) in [6, 6.07) is 6.57. The van der Waals surface area contributed by atoms with Gasteiger partial charge in [0, 0.05) is 43.4 Å². The predicted molar refractivity (Wildman–Crippen MR) is 55.9 cm³/mol. The molecule has 0 spiro atoms. The smallest absolute Gasteiger partial charge is 0.271 e. The lowest BCUT2D eigenvalue weighted by atomic mass is 10.0. The van der Waals surface area contributed by atoms with E-state index in [2.05, 4.69) is 0 Å². The molecule has 1 aliphatic rings. The van der Waals surface area contributed by atoms with Crippen molar-refractivity contribution in [1.82, 2.24) is 0 Å². The number of nitrogens with zero attached hydrogens (tertiary/aromatic N) is 2. The van der Waals surface area contributed by atoms with Gasteiger partial charge in [-0.05, 0) is 6.07 Å². The number of anilines is 1. The van der Waals surface area contributed by atoms with Crippen LogP contribution in [0.3, 0.4) is 0 Å². The largest absolute Gasteiger partial charge is 0.396 e. The molecule has 0 saturated carbocycles. The molecule has 5 nitrogen and oxygen atoms in total. The van der Waals surface area contributed by atoms with Crippen molar-refractivity contribution in [3.8, 4) is 0 Å². The van der Waals surface area contributed by atoms with Crippen LogP contribution in [0.25, 0.3) is 0 Å². The lowest BCUT2D eigenvalue weighted by Gasteiger charge is -2.40. The second-order valence-electron chi connectivity index (χ2n) is 3.73. The number of nitro groups is 1. The lowest BCUT2D eigenvalue weighted by molar-refractivity contribution is -0.384. The predicted octanol–water partition coefficient (Wildman–Crippen LogP) is 1.02. The lowest BCUT2D eigenvalue weighted by Crippen LogP contribution is -2.48. The average molecular weight is 208 g/mol. The summed E-state index contributed by atoms with van der Waals surface area (Å²) in [7, 11) is 0. The number of hydrogen-bond donors (Lipinski definition) is 1. The van der Waals surface area contributed by atoms with Crippen LogP contribution in [0.5, 0.6) is 0 Å². The topological polar surface area (TPSA) is 66.6 Å². The van der Waals surface area contributed by atoms with E-state index < -0.39 is 4.92 Å². The molecule has 1 heterocycles. The van der Waals surface area contributed by atoms with Gasteiger partial charge in [0.25, 0.3) is 5.69 Å². The summed E-state index contributed by atoms with van der Waals surface area (Å²) in [5.74, 6) is 0.310. The van der Waals surface area contributed by atoms with E-state index in [9.17, 15) is 10.1 Å². The number of hydrogen-bond acceptors (Lipinski definition) is 4. The molecule has 1 fully saturated rings. The van der Waals surface area contributed by atoms with Gasteiger partial charge in [-0.1, -0.05) is 6.07 Å². The minimum absolute atomic E-state index is 0.111. The van der Waals surface area contributed by atoms with E-state index in [0.29, 0.717) is 5.92 Å². The monoisotopic (exact) mass is 208 g/mol. The van der Waals surface area contributed by atoms with Crippen molar-refractivity contribution in [1.29, 1.82) is 0 Å². The standard InChI is InChI=1S/C10H12N2O3/c13-7-8-5-11(6-8)9-2-1-3-10(4-9)12(14)15/h1-4,8,13H,5-7H2. The zero-order valence-electron chi connectivity index (χ0n) is 8.17. The van der Waals surface area contributed by atoms with Gasteiger partial charge in [-0.2, -0.15) is 0 Å². The second-order valence-corrected chi connectivity index (χ2v) is 3.73. The summed E-state index contributed by atoms with van der Waals surface area (Å²) in [4.78, 5) is 12.2. The van der Waals surface area contributed by atoms with Gasteiger partial charge in [0.1, 0.15) is 0 Å². The molecule has 1 saturated heterocycles. The molecule has 0 bridgehead atoms. The van der Waals surface area contributed by atoms with Crippen molar-refractivity contribution in [2.45, 2.75) is 0 Å². The zero-order chi connectivity index (χ0) is 10.8. The third kappa shape index (κ3) is 1.92. The number of benzene rings is 1. The molecule has 0 aromatic heterocycles. The van der Waals surface area contributed by atoms with E-state index in [1.165, 1.54) is 6.07 Å². The van der Waals surface area contributed by atoms with Crippen molar-refractivity contribution in [2.75, 3.05) is 24.6 Å². The van der Waals surface area contributed by atoms with E-state index >= 15 is 0 Å². The molecule has 2 rings (SSSR count). The maximum absolute atomic E-state index is 10.5. The minimum Gasteiger partial charge on any atom is -0.396 e. The maximum Gasteiger partial charge on any atom is 0.271 e. The minimum atomic E-state index is -0.396. The summed E-state index contributed by atoms with van der Waals surface area (Å²) in [6.45, 7) is 1.74. The molecular weight excluding hydrogens is 196 g/mol. The first kappa shape index (κ1) is 9.92. The number of non-ortho nitro benzene ring substituents is 1. The van der Waals surface area contributed by atoms with Gasteiger partial charge >= 0.3 is 0 Å². The quantitative estimate of drug-likeness (QED) is 0.595. The van der Waals surface area contributed by atoms with Crippen molar-refractivity contribution >= 4 is 11.4 Å². The first-order valence-electron chi connectivity index (χ1n) is 4.81. The Labute approximate surface area is 87.1 Å². The van der Waals surface area contributed by atoms with E-state index in [1.54, 1.807) is 12.1 Å². The van der Waals surface area contributed by atoms with Crippen molar-refractivity contribution in [3.63, 3.8) is 0 Å². The highest BCUT2D eigenvalue weighted by Crippen LogP contribution is 2.27. The Kier molecular flexibility index (Phi) is 2.55. The molecule has 0 atom stereocenters. The molecule has 0 radical (unpaired) electrons. The van der Waals surface area contributed by atoms with E-state index in [1.807, 2.05) is 11.0 Å². The first-order valence-corrected chi connectivity index (χ1v) is 4.81. The molecule has 1 aromatic carbocycles. The number of rotatable bonds is 3. The Balaban J connectivity index is 2.10. The molecule has 1 aliphatic heterocycles. The Bertz CT molecular complexity index is 375. The van der Waals surface area contributed by atoms with Crippen LogP contribution in [0, 0.1) is 16.0 Å². The molecule has 15 heavy (non-hydrogen) atoms. The SMILES string of the molecule is O=[N+]([O-])c1cccc(N2CC(CO)C2)c1. The highest BCUT2D eigenvalue weighted by molar-refractivity contribution is 5.54. The summed E-state index contributed by atoms with van der Waals surface area (Å²) >= 11 is 0. The summed E-state index contributed by atoms with van der Waals surface area (Å²) in [5, 5.41) is 19.4. The summed E-state index contributed by atoms with van der Waals surface area (Å²) < 4.78 is 0. The van der Waals surface area contributed by atoms with Gasteiger partial charge in [-0.3, -0.25) is 10.1 Å². The maximum atomic E-state index is 10.5. The molecule has 0 unspecified atom stereocenters. The molecule has 0 amide bonds. The Morgan fingerprint density at radius 1 is 1.53 bits per heavy atom. The third-order valence-electron chi connectivity index (χ3n) is 2.62. The summed E-state index contributed by atoms with van der Waals surface area (Å²) in [5.41, 5.74) is 0.967. The molecule has 1 N–H and O–H groups in total. The Morgan fingerprint density at radius 3 is 2.87 bits per heavy atom. The molecular formula is C10H12N2O3. The number of nitro benzene ring substituents is 1. The normalized spacial score (nSPS) is 16.2.